The van der Waals surface area contributed by atoms with Gasteiger partial charge in [-0.1, -0.05) is 62.4 Å². The van der Waals surface area contributed by atoms with E-state index in [1.807, 2.05) is 11.6 Å². The highest BCUT2D eigenvalue weighted by Gasteiger charge is 2.39. The maximum Gasteiger partial charge on any atom is 0.404 e. The van der Waals surface area contributed by atoms with Crippen LogP contribution in [-0.4, -0.2) is 48.2 Å². The van der Waals surface area contributed by atoms with Crippen molar-refractivity contribution in [1.82, 2.24) is 14.6 Å². The first kappa shape index (κ1) is 31.1. The second-order valence-corrected chi connectivity index (χ2v) is 13.6. The molecule has 12 heteroatoms. The molecule has 5 rings (SSSR count). The molecule has 1 heterocycles. The molecular formula is C31H36F3N3O5S. The molecule has 1 aromatic heterocycles. The smallest absolute Gasteiger partial charge is 0.404 e. The van der Waals surface area contributed by atoms with Gasteiger partial charge in [0.05, 0.1) is 10.8 Å². The third-order valence-electron chi connectivity index (χ3n) is 8.91. The number of amides is 1. The van der Waals surface area contributed by atoms with E-state index in [-0.39, 0.29) is 22.2 Å². The molecule has 43 heavy (non-hydrogen) atoms. The van der Waals surface area contributed by atoms with Crippen LogP contribution in [0.1, 0.15) is 68.1 Å². The summed E-state index contributed by atoms with van der Waals surface area (Å²) in [5.41, 5.74) is 2.75. The zero-order valence-electron chi connectivity index (χ0n) is 24.1. The van der Waals surface area contributed by atoms with Crippen molar-refractivity contribution >= 4 is 32.7 Å². The number of aromatic nitrogens is 1. The number of aliphatic carboxylic acids is 1. The summed E-state index contributed by atoms with van der Waals surface area (Å²) in [5.74, 6) is -1.24. The Morgan fingerprint density at radius 1 is 1.02 bits per heavy atom. The number of hydrogen-bond acceptors (Lipinski definition) is 4. The van der Waals surface area contributed by atoms with Crippen LogP contribution in [0.5, 0.6) is 0 Å². The van der Waals surface area contributed by atoms with Gasteiger partial charge in [0.15, 0.2) is 0 Å². The molecule has 2 aromatic carbocycles. The minimum Gasteiger partial charge on any atom is -0.481 e. The molecule has 1 atom stereocenters. The molecule has 3 N–H and O–H groups in total. The summed E-state index contributed by atoms with van der Waals surface area (Å²) < 4.78 is 69.5. The Bertz CT molecular complexity index is 1640. The molecule has 2 fully saturated rings. The van der Waals surface area contributed by atoms with Crippen LogP contribution in [0.3, 0.4) is 0 Å². The van der Waals surface area contributed by atoms with Crippen molar-refractivity contribution in [2.45, 2.75) is 81.4 Å². The van der Waals surface area contributed by atoms with Gasteiger partial charge in [-0.3, -0.25) is 9.59 Å². The summed E-state index contributed by atoms with van der Waals surface area (Å²) in [6.45, 7) is 0.758. The van der Waals surface area contributed by atoms with E-state index < -0.39 is 34.1 Å². The second kappa shape index (κ2) is 12.0. The monoisotopic (exact) mass is 619 g/mol. The molecule has 1 amide bonds. The van der Waals surface area contributed by atoms with Gasteiger partial charge in [-0.15, -0.1) is 0 Å². The zero-order valence-corrected chi connectivity index (χ0v) is 24.9. The fourth-order valence-corrected chi connectivity index (χ4v) is 7.75. The van der Waals surface area contributed by atoms with Crippen LogP contribution in [0.15, 0.2) is 47.4 Å². The van der Waals surface area contributed by atoms with Crippen molar-refractivity contribution in [3.63, 3.8) is 0 Å². The lowest BCUT2D eigenvalue weighted by Gasteiger charge is -2.32. The standard InChI is InChI=1S/C31H36F3N3O5S/c1-18(31(32,33)34)36-43(41,42)28-13-12-23(22-10-6-7-11-24(22)28)25-17-27(29(38)35-21-15-20(16-21)30(39)40)37(2)26(25)14-19-8-4-3-5-9-19/h6-7,10-13,17-21,36H,3-5,8-9,14-16H2,1-2H3,(H,35,38)(H,39,40)/t18-,20-,21-/m0/s1. The van der Waals surface area contributed by atoms with E-state index in [9.17, 15) is 36.3 Å². The van der Waals surface area contributed by atoms with E-state index in [2.05, 4.69) is 5.32 Å². The number of halogens is 3. The van der Waals surface area contributed by atoms with Gasteiger partial charge in [0.1, 0.15) is 11.7 Å². The average molecular weight is 620 g/mol. The first-order valence-electron chi connectivity index (χ1n) is 14.6. The third-order valence-corrected chi connectivity index (χ3v) is 10.5. The Labute approximate surface area is 248 Å². The van der Waals surface area contributed by atoms with Crippen molar-refractivity contribution < 1.29 is 36.3 Å². The molecule has 2 aliphatic carbocycles. The molecule has 0 aliphatic heterocycles. The fraction of sp³-hybridized carbons (Fsp3) is 0.484. The maximum atomic E-state index is 13.4. The molecular weight excluding hydrogens is 583 g/mol. The SMILES string of the molecule is C[C@H](NS(=O)(=O)c1ccc(-c2cc(C(=O)N[C@H]3C[C@H](C(=O)O)C3)n(C)c2CC2CCCCC2)c2ccccc12)C(F)(F)F. The highest BCUT2D eigenvalue weighted by Crippen LogP contribution is 2.39. The number of benzene rings is 2. The van der Waals surface area contributed by atoms with Gasteiger partial charge in [-0.2, -0.15) is 17.9 Å². The predicted octanol–water partition coefficient (Wildman–Crippen LogP) is 5.79. The largest absolute Gasteiger partial charge is 0.481 e. The number of carbonyl (C=O) groups is 2. The van der Waals surface area contributed by atoms with E-state index in [1.165, 1.54) is 12.5 Å². The van der Waals surface area contributed by atoms with Crippen molar-refractivity contribution in [3.8, 4) is 11.1 Å². The van der Waals surface area contributed by atoms with E-state index in [4.69, 9.17) is 0 Å². The number of carboxylic acids is 1. The lowest BCUT2D eigenvalue weighted by atomic mass is 9.80. The molecule has 0 spiro atoms. The van der Waals surface area contributed by atoms with Gasteiger partial charge in [-0.25, -0.2) is 8.42 Å². The Morgan fingerprint density at radius 2 is 1.67 bits per heavy atom. The van der Waals surface area contributed by atoms with Crippen molar-refractivity contribution in [2.24, 2.45) is 18.9 Å². The molecule has 0 unspecified atom stereocenters. The summed E-state index contributed by atoms with van der Waals surface area (Å²) in [6, 6.07) is 8.86. The van der Waals surface area contributed by atoms with Crippen molar-refractivity contribution in [3.05, 3.63) is 53.9 Å². The number of nitrogens with zero attached hydrogens (tertiary/aromatic N) is 1. The van der Waals surface area contributed by atoms with Crippen LogP contribution in [0.25, 0.3) is 21.9 Å². The van der Waals surface area contributed by atoms with E-state index >= 15 is 0 Å². The van der Waals surface area contributed by atoms with Crippen molar-refractivity contribution in [1.29, 1.82) is 0 Å². The quantitative estimate of drug-likeness (QED) is 0.280. The minimum absolute atomic E-state index is 0.231. The number of carbonyl (C=O) groups excluding carboxylic acids is 1. The van der Waals surface area contributed by atoms with Gasteiger partial charge in [0.25, 0.3) is 5.91 Å². The van der Waals surface area contributed by atoms with Crippen LogP contribution in [0.2, 0.25) is 0 Å². The predicted molar refractivity (Wildman–Crippen MR) is 156 cm³/mol. The first-order chi connectivity index (χ1) is 20.3. The number of rotatable bonds is 9. The Morgan fingerprint density at radius 3 is 2.30 bits per heavy atom. The lowest BCUT2D eigenvalue weighted by molar-refractivity contribution is -0.147. The van der Waals surface area contributed by atoms with Gasteiger partial charge >= 0.3 is 12.1 Å². The summed E-state index contributed by atoms with van der Waals surface area (Å²) in [5, 5.41) is 13.0. The van der Waals surface area contributed by atoms with Gasteiger partial charge in [0, 0.05) is 29.7 Å². The Hall–Kier alpha value is -3.38. The minimum atomic E-state index is -4.74. The highest BCUT2D eigenvalue weighted by atomic mass is 32.2. The summed E-state index contributed by atoms with van der Waals surface area (Å²) in [4.78, 5) is 24.4. The zero-order chi connectivity index (χ0) is 31.1. The van der Waals surface area contributed by atoms with Crippen LogP contribution >= 0.6 is 0 Å². The third kappa shape index (κ3) is 6.45. The molecule has 0 bridgehead atoms. The Kier molecular flexibility index (Phi) is 8.63. The molecule has 2 aliphatic rings. The number of alkyl halides is 3. The molecule has 3 aromatic rings. The Balaban J connectivity index is 1.56. The lowest BCUT2D eigenvalue weighted by Crippen LogP contribution is -2.47. The molecule has 0 radical (unpaired) electrons. The number of hydrogen-bond donors (Lipinski definition) is 3. The van der Waals surface area contributed by atoms with Gasteiger partial charge in [-0.05, 0) is 55.2 Å². The number of sulfonamides is 1. The fourth-order valence-electron chi connectivity index (χ4n) is 6.31. The molecule has 0 saturated heterocycles. The molecule has 8 nitrogen and oxygen atoms in total. The van der Waals surface area contributed by atoms with E-state index in [1.54, 1.807) is 41.1 Å². The number of carboxylic acid groups (broad SMARTS) is 1. The van der Waals surface area contributed by atoms with Crippen LogP contribution < -0.4 is 10.0 Å². The summed E-state index contributed by atoms with van der Waals surface area (Å²) in [6.07, 6.45) is 2.27. The average Bonchev–Trinajstić information content (AvgIpc) is 3.24. The topological polar surface area (TPSA) is 118 Å². The number of fused-ring (bicyclic) bond motifs is 1. The van der Waals surface area contributed by atoms with Crippen LogP contribution in [0.4, 0.5) is 13.2 Å². The van der Waals surface area contributed by atoms with Crippen LogP contribution in [0, 0.1) is 11.8 Å². The first-order valence-corrected chi connectivity index (χ1v) is 16.1. The van der Waals surface area contributed by atoms with E-state index in [0.29, 0.717) is 41.8 Å². The summed E-state index contributed by atoms with van der Waals surface area (Å²) in [7, 11) is -2.70. The normalized spacial score (nSPS) is 20.5. The van der Waals surface area contributed by atoms with Gasteiger partial charge in [0.2, 0.25) is 10.0 Å². The second-order valence-electron chi connectivity index (χ2n) is 11.9. The van der Waals surface area contributed by atoms with Gasteiger partial charge < -0.3 is 15.0 Å². The summed E-state index contributed by atoms with van der Waals surface area (Å²) >= 11 is 0. The maximum absolute atomic E-state index is 13.4. The van der Waals surface area contributed by atoms with Crippen LogP contribution in [-0.2, 0) is 28.3 Å². The number of nitrogens with one attached hydrogen (secondary N) is 2. The molecule has 232 valence electrons. The molecule has 2 saturated carbocycles. The van der Waals surface area contributed by atoms with E-state index in [0.717, 1.165) is 43.9 Å². The highest BCUT2D eigenvalue weighted by molar-refractivity contribution is 7.89. The van der Waals surface area contributed by atoms with Crippen molar-refractivity contribution in [2.75, 3.05) is 0 Å².